The maximum atomic E-state index is 5.69. The van der Waals surface area contributed by atoms with Crippen molar-refractivity contribution in [2.45, 2.75) is 6.29 Å². The second-order valence-electron chi connectivity index (χ2n) is 3.24. The van der Waals surface area contributed by atoms with Crippen LogP contribution in [0.5, 0.6) is 0 Å². The Hall–Kier alpha value is -2.06. The lowest BCUT2D eigenvalue weighted by atomic mass is 10.4. The van der Waals surface area contributed by atoms with Crippen LogP contribution >= 0.6 is 0 Å². The predicted molar refractivity (Wildman–Crippen MR) is 60.7 cm³/mol. The lowest BCUT2D eigenvalue weighted by Gasteiger charge is -2.12. The minimum atomic E-state index is -0.608. The van der Waals surface area contributed by atoms with Gasteiger partial charge in [-0.25, -0.2) is 9.97 Å². The van der Waals surface area contributed by atoms with E-state index in [1.54, 1.807) is 0 Å². The largest absolute Gasteiger partial charge is 0.382 e. The monoisotopic (exact) mass is 236 g/mol. The number of methoxy groups -OCH3 is 2. The standard InChI is InChI=1S/C9H12N6O2/c1-16-8(17-2)4-3-12-7-5(13-4)6(10)14-9(11)15-7/h3,8H,1-2H3,(H4,10,11,12,14,15). The van der Waals surface area contributed by atoms with Crippen molar-refractivity contribution in [3.8, 4) is 0 Å². The van der Waals surface area contributed by atoms with Crippen molar-refractivity contribution in [2.24, 2.45) is 0 Å². The fourth-order valence-corrected chi connectivity index (χ4v) is 1.41. The number of fused-ring (bicyclic) bond motifs is 1. The summed E-state index contributed by atoms with van der Waals surface area (Å²) in [6.07, 6.45) is 0.884. The van der Waals surface area contributed by atoms with E-state index in [2.05, 4.69) is 19.9 Å². The van der Waals surface area contributed by atoms with Crippen LogP contribution in [0.4, 0.5) is 11.8 Å². The van der Waals surface area contributed by atoms with Gasteiger partial charge in [-0.1, -0.05) is 0 Å². The molecule has 0 aromatic carbocycles. The Balaban J connectivity index is 2.57. The third-order valence-electron chi connectivity index (χ3n) is 2.14. The Morgan fingerprint density at radius 1 is 1.12 bits per heavy atom. The number of nitrogens with two attached hydrogens (primary N) is 2. The highest BCUT2D eigenvalue weighted by Crippen LogP contribution is 2.19. The summed E-state index contributed by atoms with van der Waals surface area (Å²) in [5, 5.41) is 0. The van der Waals surface area contributed by atoms with Gasteiger partial charge >= 0.3 is 0 Å². The molecule has 0 unspecified atom stereocenters. The van der Waals surface area contributed by atoms with Crippen LogP contribution in [-0.2, 0) is 9.47 Å². The number of aromatic nitrogens is 4. The van der Waals surface area contributed by atoms with Crippen molar-refractivity contribution in [3.05, 3.63) is 11.9 Å². The fraction of sp³-hybridized carbons (Fsp3) is 0.333. The lowest BCUT2D eigenvalue weighted by molar-refractivity contribution is -0.108. The number of hydrogen-bond acceptors (Lipinski definition) is 8. The molecule has 8 nitrogen and oxygen atoms in total. The molecule has 0 aliphatic heterocycles. The molecule has 8 heteroatoms. The average molecular weight is 236 g/mol. The third-order valence-corrected chi connectivity index (χ3v) is 2.14. The molecule has 0 amide bonds. The highest BCUT2D eigenvalue weighted by atomic mass is 16.7. The molecular weight excluding hydrogens is 224 g/mol. The maximum absolute atomic E-state index is 5.69. The van der Waals surface area contributed by atoms with Crippen molar-refractivity contribution in [2.75, 3.05) is 25.7 Å². The molecule has 0 radical (unpaired) electrons. The Labute approximate surface area is 97.0 Å². The van der Waals surface area contributed by atoms with Crippen LogP contribution in [-0.4, -0.2) is 34.2 Å². The second-order valence-corrected chi connectivity index (χ2v) is 3.24. The average Bonchev–Trinajstić information content (AvgIpc) is 2.31. The normalized spacial score (nSPS) is 11.2. The first kappa shape index (κ1) is 11.4. The number of anilines is 2. The van der Waals surface area contributed by atoms with Crippen molar-refractivity contribution in [1.82, 2.24) is 19.9 Å². The lowest BCUT2D eigenvalue weighted by Crippen LogP contribution is -2.09. The predicted octanol–water partition coefficient (Wildman–Crippen LogP) is -0.124. The number of rotatable bonds is 3. The highest BCUT2D eigenvalue weighted by Gasteiger charge is 2.14. The van der Waals surface area contributed by atoms with Gasteiger partial charge in [0.1, 0.15) is 5.69 Å². The molecule has 0 aliphatic rings. The van der Waals surface area contributed by atoms with Crippen molar-refractivity contribution in [3.63, 3.8) is 0 Å². The maximum Gasteiger partial charge on any atom is 0.224 e. The topological polar surface area (TPSA) is 122 Å². The molecule has 2 aromatic rings. The third kappa shape index (κ3) is 2.08. The molecule has 0 atom stereocenters. The Bertz CT molecular complexity index is 542. The Morgan fingerprint density at radius 3 is 2.47 bits per heavy atom. The highest BCUT2D eigenvalue weighted by molar-refractivity contribution is 5.81. The van der Waals surface area contributed by atoms with Gasteiger partial charge in [0.05, 0.1) is 6.20 Å². The van der Waals surface area contributed by atoms with E-state index in [9.17, 15) is 0 Å². The molecule has 90 valence electrons. The van der Waals surface area contributed by atoms with E-state index in [4.69, 9.17) is 20.9 Å². The van der Waals surface area contributed by atoms with Crippen LogP contribution in [0, 0.1) is 0 Å². The van der Waals surface area contributed by atoms with E-state index in [0.717, 1.165) is 0 Å². The minimum absolute atomic E-state index is 0.0621. The number of hydrogen-bond donors (Lipinski definition) is 2. The number of nitrogen functional groups attached to an aromatic ring is 2. The van der Waals surface area contributed by atoms with Gasteiger partial charge in [0.25, 0.3) is 0 Å². The Morgan fingerprint density at radius 2 is 1.82 bits per heavy atom. The van der Waals surface area contributed by atoms with Crippen LogP contribution in [0.2, 0.25) is 0 Å². The summed E-state index contributed by atoms with van der Waals surface area (Å²) in [5.41, 5.74) is 12.3. The smallest absolute Gasteiger partial charge is 0.224 e. The zero-order chi connectivity index (χ0) is 12.4. The first-order valence-electron chi connectivity index (χ1n) is 4.77. The molecule has 17 heavy (non-hydrogen) atoms. The van der Waals surface area contributed by atoms with Gasteiger partial charge in [0.15, 0.2) is 17.0 Å². The van der Waals surface area contributed by atoms with Gasteiger partial charge in [-0.05, 0) is 0 Å². The van der Waals surface area contributed by atoms with Gasteiger partial charge in [-0.15, -0.1) is 0 Å². The summed E-state index contributed by atoms with van der Waals surface area (Å²) in [7, 11) is 3.01. The van der Waals surface area contributed by atoms with Crippen molar-refractivity contribution < 1.29 is 9.47 Å². The number of nitrogens with zero attached hydrogens (tertiary/aromatic N) is 4. The molecule has 2 heterocycles. The van der Waals surface area contributed by atoms with E-state index in [0.29, 0.717) is 16.9 Å². The fourth-order valence-electron chi connectivity index (χ4n) is 1.41. The molecule has 0 spiro atoms. The van der Waals surface area contributed by atoms with Crippen LogP contribution in [0.15, 0.2) is 6.20 Å². The molecule has 2 rings (SSSR count). The van der Waals surface area contributed by atoms with E-state index >= 15 is 0 Å². The summed E-state index contributed by atoms with van der Waals surface area (Å²) in [5.74, 6) is 0.236. The summed E-state index contributed by atoms with van der Waals surface area (Å²) in [4.78, 5) is 16.1. The molecule has 0 saturated heterocycles. The summed E-state index contributed by atoms with van der Waals surface area (Å²) in [6, 6.07) is 0. The van der Waals surface area contributed by atoms with Crippen LogP contribution in [0.3, 0.4) is 0 Å². The molecule has 0 bridgehead atoms. The molecule has 0 saturated carbocycles. The van der Waals surface area contributed by atoms with Gasteiger partial charge in [0, 0.05) is 14.2 Å². The quantitative estimate of drug-likeness (QED) is 0.707. The van der Waals surface area contributed by atoms with E-state index < -0.39 is 6.29 Å². The van der Waals surface area contributed by atoms with Gasteiger partial charge in [-0.2, -0.15) is 9.97 Å². The van der Waals surface area contributed by atoms with E-state index in [1.165, 1.54) is 20.4 Å². The Kier molecular flexibility index (Phi) is 2.98. The number of ether oxygens (including phenoxy) is 2. The molecular formula is C9H12N6O2. The van der Waals surface area contributed by atoms with Gasteiger partial charge < -0.3 is 20.9 Å². The van der Waals surface area contributed by atoms with Crippen LogP contribution < -0.4 is 11.5 Å². The molecule has 2 aromatic heterocycles. The zero-order valence-corrected chi connectivity index (χ0v) is 9.41. The van der Waals surface area contributed by atoms with E-state index in [-0.39, 0.29) is 11.8 Å². The van der Waals surface area contributed by atoms with E-state index in [1.807, 2.05) is 0 Å². The summed E-state index contributed by atoms with van der Waals surface area (Å²) < 4.78 is 10.1. The molecule has 0 fully saturated rings. The first-order chi connectivity index (χ1) is 8.15. The van der Waals surface area contributed by atoms with Crippen molar-refractivity contribution in [1.29, 1.82) is 0 Å². The molecule has 0 aliphatic carbocycles. The van der Waals surface area contributed by atoms with Crippen LogP contribution in [0.25, 0.3) is 11.2 Å². The van der Waals surface area contributed by atoms with Gasteiger partial charge in [0.2, 0.25) is 12.2 Å². The first-order valence-corrected chi connectivity index (χ1v) is 4.77. The SMILES string of the molecule is COC(OC)c1cnc2nc(N)nc(N)c2n1. The van der Waals surface area contributed by atoms with Crippen molar-refractivity contribution >= 4 is 22.9 Å². The summed E-state index contributed by atoms with van der Waals surface area (Å²) in [6.45, 7) is 0. The minimum Gasteiger partial charge on any atom is -0.382 e. The molecule has 4 N–H and O–H groups in total. The van der Waals surface area contributed by atoms with Gasteiger partial charge in [-0.3, -0.25) is 0 Å². The summed E-state index contributed by atoms with van der Waals surface area (Å²) >= 11 is 0. The second kappa shape index (κ2) is 4.44. The van der Waals surface area contributed by atoms with Crippen LogP contribution in [0.1, 0.15) is 12.0 Å². The zero-order valence-electron chi connectivity index (χ0n) is 9.41.